The molecule has 0 aliphatic carbocycles. The predicted molar refractivity (Wildman–Crippen MR) is 49.8 cm³/mol. The maximum absolute atomic E-state index is 13.2. The molecule has 0 atom stereocenters. The van der Waals surface area contributed by atoms with E-state index in [-0.39, 0.29) is 17.2 Å². The first-order valence-corrected chi connectivity index (χ1v) is 4.37. The molecule has 2 N–H and O–H groups in total. The molecular weight excluding hydrogens is 215 g/mol. The van der Waals surface area contributed by atoms with E-state index in [9.17, 15) is 13.2 Å². The highest BCUT2D eigenvalue weighted by Crippen LogP contribution is 2.35. The van der Waals surface area contributed by atoms with Crippen LogP contribution in [0.15, 0.2) is 0 Å². The summed E-state index contributed by atoms with van der Waals surface area (Å²) in [6.45, 7) is 3.23. The van der Waals surface area contributed by atoms with Gasteiger partial charge in [-0.05, 0) is 5.92 Å². The fraction of sp³-hybridized carbons (Fsp3) is 0.333. The number of anilines is 1. The molecule has 0 aromatic heterocycles. The smallest absolute Gasteiger partial charge is 0.196 e. The van der Waals surface area contributed by atoms with Crippen LogP contribution in [0.25, 0.3) is 0 Å². The third-order valence-electron chi connectivity index (χ3n) is 1.92. The van der Waals surface area contributed by atoms with E-state index in [0.29, 0.717) is 0 Å². The second-order valence-corrected chi connectivity index (χ2v) is 3.62. The van der Waals surface area contributed by atoms with Gasteiger partial charge in [-0.15, -0.1) is 0 Å². The van der Waals surface area contributed by atoms with E-state index >= 15 is 0 Å². The van der Waals surface area contributed by atoms with Crippen LogP contribution < -0.4 is 5.73 Å². The maximum Gasteiger partial charge on any atom is 0.196 e. The van der Waals surface area contributed by atoms with E-state index in [1.807, 2.05) is 0 Å². The van der Waals surface area contributed by atoms with Crippen molar-refractivity contribution < 1.29 is 13.2 Å². The minimum atomic E-state index is -1.58. The van der Waals surface area contributed by atoms with Crippen molar-refractivity contribution in [2.45, 2.75) is 19.8 Å². The normalized spacial score (nSPS) is 11.1. The lowest BCUT2D eigenvalue weighted by atomic mass is 10.00. The zero-order valence-electron chi connectivity index (χ0n) is 7.67. The zero-order chi connectivity index (χ0) is 11.0. The lowest BCUT2D eigenvalue weighted by Gasteiger charge is -2.13. The Morgan fingerprint density at radius 1 is 1.07 bits per heavy atom. The fourth-order valence-corrected chi connectivity index (χ4v) is 1.41. The predicted octanol–water partition coefficient (Wildman–Crippen LogP) is 3.46. The van der Waals surface area contributed by atoms with Crippen molar-refractivity contribution in [1.82, 2.24) is 0 Å². The van der Waals surface area contributed by atoms with Gasteiger partial charge in [-0.25, -0.2) is 13.2 Å². The summed E-state index contributed by atoms with van der Waals surface area (Å²) >= 11 is 5.40. The van der Waals surface area contributed by atoms with Gasteiger partial charge in [-0.2, -0.15) is 0 Å². The van der Waals surface area contributed by atoms with Gasteiger partial charge < -0.3 is 5.73 Å². The molecule has 14 heavy (non-hydrogen) atoms. The van der Waals surface area contributed by atoms with Gasteiger partial charge in [0.25, 0.3) is 0 Å². The molecule has 0 spiro atoms. The number of benzene rings is 1. The molecular formula is C9H9ClF3N. The number of hydrogen-bond donors (Lipinski definition) is 1. The molecule has 0 heterocycles. The van der Waals surface area contributed by atoms with Crippen molar-refractivity contribution in [2.75, 3.05) is 5.73 Å². The van der Waals surface area contributed by atoms with E-state index in [4.69, 9.17) is 17.3 Å². The maximum atomic E-state index is 13.2. The van der Waals surface area contributed by atoms with Crippen molar-refractivity contribution in [3.8, 4) is 0 Å². The number of nitrogens with two attached hydrogens (primary N) is 1. The van der Waals surface area contributed by atoms with Crippen LogP contribution in [-0.2, 0) is 0 Å². The van der Waals surface area contributed by atoms with Crippen LogP contribution in [0.1, 0.15) is 25.3 Å². The molecule has 1 nitrogen and oxygen atoms in total. The molecule has 0 radical (unpaired) electrons. The molecule has 0 unspecified atom stereocenters. The second kappa shape index (κ2) is 3.69. The average molecular weight is 224 g/mol. The van der Waals surface area contributed by atoms with Gasteiger partial charge in [0.1, 0.15) is 5.02 Å². The van der Waals surface area contributed by atoms with Crippen molar-refractivity contribution in [3.63, 3.8) is 0 Å². The Hall–Kier alpha value is -0.900. The Morgan fingerprint density at radius 3 is 2.00 bits per heavy atom. The Bertz CT molecular complexity index is 348. The van der Waals surface area contributed by atoms with Gasteiger partial charge in [0.05, 0.1) is 5.69 Å². The number of rotatable bonds is 1. The van der Waals surface area contributed by atoms with Crippen molar-refractivity contribution in [2.24, 2.45) is 0 Å². The standard InChI is InChI=1S/C9H9ClF3N/c1-3(2)4-6(11)8(13)7(12)5(10)9(4)14/h3H,14H2,1-2H3. The second-order valence-electron chi connectivity index (χ2n) is 3.24. The molecule has 0 saturated carbocycles. The van der Waals surface area contributed by atoms with Gasteiger partial charge >= 0.3 is 0 Å². The summed E-state index contributed by atoms with van der Waals surface area (Å²) in [5, 5.41) is -0.562. The highest BCUT2D eigenvalue weighted by molar-refractivity contribution is 6.33. The Labute approximate surface area is 84.7 Å². The van der Waals surface area contributed by atoms with Crippen LogP contribution in [-0.4, -0.2) is 0 Å². The van der Waals surface area contributed by atoms with Gasteiger partial charge in [0.2, 0.25) is 0 Å². The first kappa shape index (κ1) is 11.2. The lowest BCUT2D eigenvalue weighted by Crippen LogP contribution is -2.06. The van der Waals surface area contributed by atoms with Gasteiger partial charge in [0, 0.05) is 5.56 Å². The van der Waals surface area contributed by atoms with Gasteiger partial charge in [-0.3, -0.25) is 0 Å². The molecule has 1 rings (SSSR count). The molecule has 0 fully saturated rings. The molecule has 0 aliphatic rings. The number of halogens is 4. The zero-order valence-corrected chi connectivity index (χ0v) is 8.42. The Morgan fingerprint density at radius 2 is 1.57 bits per heavy atom. The van der Waals surface area contributed by atoms with E-state index in [2.05, 4.69) is 0 Å². The van der Waals surface area contributed by atoms with Gasteiger partial charge in [-0.1, -0.05) is 25.4 Å². The molecule has 5 heteroatoms. The summed E-state index contributed by atoms with van der Waals surface area (Å²) in [4.78, 5) is 0. The largest absolute Gasteiger partial charge is 0.397 e. The van der Waals surface area contributed by atoms with Crippen LogP contribution in [0.5, 0.6) is 0 Å². The first-order chi connectivity index (χ1) is 6.37. The van der Waals surface area contributed by atoms with Crippen LogP contribution in [0, 0.1) is 17.5 Å². The van der Waals surface area contributed by atoms with Crippen LogP contribution in [0.3, 0.4) is 0 Å². The molecule has 0 saturated heterocycles. The van der Waals surface area contributed by atoms with E-state index in [1.54, 1.807) is 13.8 Å². The topological polar surface area (TPSA) is 26.0 Å². The van der Waals surface area contributed by atoms with E-state index < -0.39 is 22.5 Å². The monoisotopic (exact) mass is 223 g/mol. The van der Waals surface area contributed by atoms with Crippen molar-refractivity contribution in [1.29, 1.82) is 0 Å². The van der Waals surface area contributed by atoms with Gasteiger partial charge in [0.15, 0.2) is 17.5 Å². The first-order valence-electron chi connectivity index (χ1n) is 3.99. The minimum Gasteiger partial charge on any atom is -0.397 e. The quantitative estimate of drug-likeness (QED) is 0.440. The summed E-state index contributed by atoms with van der Waals surface area (Å²) in [6, 6.07) is 0. The fourth-order valence-electron chi connectivity index (χ4n) is 1.23. The summed E-state index contributed by atoms with van der Waals surface area (Å²) in [6.07, 6.45) is 0. The molecule has 0 amide bonds. The molecule has 1 aromatic carbocycles. The van der Waals surface area contributed by atoms with E-state index in [0.717, 1.165) is 0 Å². The highest BCUT2D eigenvalue weighted by Gasteiger charge is 2.23. The SMILES string of the molecule is CC(C)c1c(N)c(Cl)c(F)c(F)c1F. The minimum absolute atomic E-state index is 0.0890. The van der Waals surface area contributed by atoms with E-state index in [1.165, 1.54) is 0 Å². The summed E-state index contributed by atoms with van der Waals surface area (Å²) < 4.78 is 39.0. The van der Waals surface area contributed by atoms with Crippen LogP contribution in [0.4, 0.5) is 18.9 Å². The third kappa shape index (κ3) is 1.54. The average Bonchev–Trinajstić information content (AvgIpc) is 2.11. The van der Waals surface area contributed by atoms with Crippen LogP contribution >= 0.6 is 11.6 Å². The summed E-state index contributed by atoms with van der Waals surface area (Å²) in [5.74, 6) is -4.64. The summed E-state index contributed by atoms with van der Waals surface area (Å²) in [7, 11) is 0. The number of hydrogen-bond acceptors (Lipinski definition) is 1. The van der Waals surface area contributed by atoms with Crippen molar-refractivity contribution >= 4 is 17.3 Å². The van der Waals surface area contributed by atoms with Crippen LogP contribution in [0.2, 0.25) is 5.02 Å². The molecule has 78 valence electrons. The molecule has 1 aromatic rings. The number of nitrogen functional groups attached to an aromatic ring is 1. The highest BCUT2D eigenvalue weighted by atomic mass is 35.5. The molecule has 0 aliphatic heterocycles. The lowest BCUT2D eigenvalue weighted by molar-refractivity contribution is 0.439. The Kier molecular flexibility index (Phi) is 2.95. The molecule has 0 bridgehead atoms. The van der Waals surface area contributed by atoms with Crippen molar-refractivity contribution in [3.05, 3.63) is 28.0 Å². The Balaban J connectivity index is 3.60. The third-order valence-corrected chi connectivity index (χ3v) is 2.29. The summed E-state index contributed by atoms with van der Waals surface area (Å²) in [5.41, 5.74) is 5.05.